The smallest absolute Gasteiger partial charge is 0.347 e. The Morgan fingerprint density at radius 3 is 3.00 bits per heavy atom. The minimum absolute atomic E-state index is 0.338. The van der Waals surface area contributed by atoms with E-state index >= 15 is 0 Å². The number of fused-ring (bicyclic) bond motifs is 1. The molecular weight excluding hydrogens is 292 g/mol. The molecule has 1 aliphatic rings. The Labute approximate surface area is 122 Å². The molecular formula is C14H10N2O2S2. The molecule has 1 aliphatic carbocycles. The van der Waals surface area contributed by atoms with Crippen LogP contribution < -0.4 is 0 Å². The van der Waals surface area contributed by atoms with Crippen molar-refractivity contribution in [3.05, 3.63) is 34.3 Å². The zero-order valence-corrected chi connectivity index (χ0v) is 12.0. The van der Waals surface area contributed by atoms with Gasteiger partial charge < -0.3 is 5.11 Å². The quantitative estimate of drug-likeness (QED) is 0.794. The lowest BCUT2D eigenvalue weighted by Gasteiger charge is -1.95. The number of carbonyl (C=O) groups is 1. The minimum Gasteiger partial charge on any atom is -0.477 e. The maximum absolute atomic E-state index is 11.3. The molecule has 3 aromatic heterocycles. The van der Waals surface area contributed by atoms with Crippen molar-refractivity contribution in [1.82, 2.24) is 9.97 Å². The molecule has 4 rings (SSSR count). The number of thiazole rings is 1. The fourth-order valence-electron chi connectivity index (χ4n) is 2.21. The zero-order valence-electron chi connectivity index (χ0n) is 10.4. The number of rotatable bonds is 3. The first-order valence-corrected chi connectivity index (χ1v) is 7.99. The van der Waals surface area contributed by atoms with Crippen molar-refractivity contribution in [1.29, 1.82) is 0 Å². The molecule has 0 aliphatic heterocycles. The van der Waals surface area contributed by atoms with Gasteiger partial charge in [0.05, 0.1) is 15.9 Å². The highest BCUT2D eigenvalue weighted by atomic mass is 32.1. The summed E-state index contributed by atoms with van der Waals surface area (Å²) in [5.74, 6) is -0.537. The van der Waals surface area contributed by atoms with Crippen LogP contribution in [-0.4, -0.2) is 21.0 Å². The van der Waals surface area contributed by atoms with Crippen LogP contribution in [0.3, 0.4) is 0 Å². The fraction of sp³-hybridized carbons (Fsp3) is 0.214. The molecule has 0 amide bonds. The highest BCUT2D eigenvalue weighted by Crippen LogP contribution is 2.44. The lowest BCUT2D eigenvalue weighted by Crippen LogP contribution is -1.97. The molecule has 1 fully saturated rings. The Morgan fingerprint density at radius 1 is 1.40 bits per heavy atom. The van der Waals surface area contributed by atoms with Crippen molar-refractivity contribution in [2.75, 3.05) is 0 Å². The lowest BCUT2D eigenvalue weighted by atomic mass is 10.2. The average molecular weight is 302 g/mol. The third-order valence-electron chi connectivity index (χ3n) is 3.36. The largest absolute Gasteiger partial charge is 0.477 e. The van der Waals surface area contributed by atoms with E-state index in [1.165, 1.54) is 11.3 Å². The van der Waals surface area contributed by atoms with E-state index in [0.29, 0.717) is 10.8 Å². The molecule has 0 aromatic carbocycles. The summed E-state index contributed by atoms with van der Waals surface area (Å²) >= 11 is 2.88. The van der Waals surface area contributed by atoms with Crippen molar-refractivity contribution >= 4 is 38.9 Å². The number of nitrogens with zero attached hydrogens (tertiary/aromatic N) is 2. The molecule has 20 heavy (non-hydrogen) atoms. The van der Waals surface area contributed by atoms with Gasteiger partial charge >= 0.3 is 5.97 Å². The van der Waals surface area contributed by atoms with Crippen molar-refractivity contribution in [3.63, 3.8) is 0 Å². The predicted molar refractivity (Wildman–Crippen MR) is 79.7 cm³/mol. The molecule has 0 spiro atoms. The van der Waals surface area contributed by atoms with E-state index < -0.39 is 5.97 Å². The number of pyridine rings is 1. The van der Waals surface area contributed by atoms with Gasteiger partial charge in [0.2, 0.25) is 0 Å². The van der Waals surface area contributed by atoms with Crippen molar-refractivity contribution < 1.29 is 9.90 Å². The van der Waals surface area contributed by atoms with Gasteiger partial charge in [-0.25, -0.2) is 9.78 Å². The monoisotopic (exact) mass is 302 g/mol. The number of thiophene rings is 1. The number of hydrogen-bond donors (Lipinski definition) is 1. The Kier molecular flexibility index (Phi) is 2.61. The molecule has 0 atom stereocenters. The second-order valence-electron chi connectivity index (χ2n) is 4.84. The van der Waals surface area contributed by atoms with Gasteiger partial charge in [0, 0.05) is 17.7 Å². The highest BCUT2D eigenvalue weighted by Gasteiger charge is 2.32. The normalized spacial score (nSPS) is 14.8. The number of carboxylic acid groups (broad SMARTS) is 1. The van der Waals surface area contributed by atoms with Gasteiger partial charge in [-0.1, -0.05) is 0 Å². The Bertz CT molecular complexity index is 818. The average Bonchev–Trinajstić information content (AvgIpc) is 3.02. The van der Waals surface area contributed by atoms with E-state index in [4.69, 9.17) is 0 Å². The van der Waals surface area contributed by atoms with E-state index in [9.17, 15) is 9.90 Å². The van der Waals surface area contributed by atoms with Gasteiger partial charge in [-0.15, -0.1) is 22.7 Å². The summed E-state index contributed by atoms with van der Waals surface area (Å²) in [6.45, 7) is 0. The van der Waals surface area contributed by atoms with Crippen LogP contribution in [0, 0.1) is 0 Å². The molecule has 3 aromatic rings. The van der Waals surface area contributed by atoms with E-state index in [-0.39, 0.29) is 0 Å². The van der Waals surface area contributed by atoms with Crippen molar-refractivity contribution in [2.45, 2.75) is 18.8 Å². The minimum atomic E-state index is -0.874. The Balaban J connectivity index is 1.84. The van der Waals surface area contributed by atoms with Gasteiger partial charge in [0.1, 0.15) is 9.88 Å². The second kappa shape index (κ2) is 4.36. The lowest BCUT2D eigenvalue weighted by molar-refractivity contribution is 0.0700. The molecule has 0 saturated heterocycles. The van der Waals surface area contributed by atoms with Crippen LogP contribution in [0.5, 0.6) is 0 Å². The number of carboxylic acids is 1. The molecule has 4 nitrogen and oxygen atoms in total. The number of hydrogen-bond acceptors (Lipinski definition) is 5. The molecule has 100 valence electrons. The first-order valence-electron chi connectivity index (χ1n) is 6.30. The summed E-state index contributed by atoms with van der Waals surface area (Å²) in [7, 11) is 0. The maximum atomic E-state index is 11.3. The first-order chi connectivity index (χ1) is 9.72. The highest BCUT2D eigenvalue weighted by molar-refractivity contribution is 7.17. The summed E-state index contributed by atoms with van der Waals surface area (Å²) in [5.41, 5.74) is 2.62. The van der Waals surface area contributed by atoms with Crippen molar-refractivity contribution in [3.8, 4) is 10.6 Å². The summed E-state index contributed by atoms with van der Waals surface area (Å²) < 4.78 is 1.10. The zero-order chi connectivity index (χ0) is 13.7. The molecule has 0 bridgehead atoms. The Morgan fingerprint density at radius 2 is 2.25 bits per heavy atom. The van der Waals surface area contributed by atoms with Gasteiger partial charge in [-0.05, 0) is 30.4 Å². The molecule has 0 radical (unpaired) electrons. The van der Waals surface area contributed by atoms with Gasteiger partial charge in [-0.3, -0.25) is 4.98 Å². The van der Waals surface area contributed by atoms with Crippen LogP contribution in [0.2, 0.25) is 0 Å². The van der Waals surface area contributed by atoms with Crippen LogP contribution in [0.15, 0.2) is 23.7 Å². The third kappa shape index (κ3) is 1.92. The Hall–Kier alpha value is -1.79. The SMILES string of the molecule is O=C(O)c1sc(-c2cnc3ccsc3c2)nc1C1CC1. The van der Waals surface area contributed by atoms with E-state index in [1.54, 1.807) is 17.5 Å². The van der Waals surface area contributed by atoms with Crippen LogP contribution >= 0.6 is 22.7 Å². The summed E-state index contributed by atoms with van der Waals surface area (Å²) in [4.78, 5) is 20.7. The summed E-state index contributed by atoms with van der Waals surface area (Å²) in [6.07, 6.45) is 3.87. The summed E-state index contributed by atoms with van der Waals surface area (Å²) in [5, 5.41) is 12.1. The van der Waals surface area contributed by atoms with Crippen LogP contribution in [-0.2, 0) is 0 Å². The molecule has 1 saturated carbocycles. The van der Waals surface area contributed by atoms with Crippen LogP contribution in [0.4, 0.5) is 0 Å². The topological polar surface area (TPSA) is 63.1 Å². The standard InChI is InChI=1S/C14H10N2O2S2/c17-14(18)12-11(7-1-2-7)16-13(20-12)8-5-10-9(15-6-8)3-4-19-10/h3-7H,1-2H2,(H,17,18). The third-order valence-corrected chi connectivity index (χ3v) is 5.32. The predicted octanol–water partition coefficient (Wildman–Crippen LogP) is 4.00. The summed E-state index contributed by atoms with van der Waals surface area (Å²) in [6, 6.07) is 4.01. The van der Waals surface area contributed by atoms with E-state index in [2.05, 4.69) is 9.97 Å². The maximum Gasteiger partial charge on any atom is 0.347 e. The van der Waals surface area contributed by atoms with Crippen LogP contribution in [0.25, 0.3) is 20.8 Å². The van der Waals surface area contributed by atoms with Crippen molar-refractivity contribution in [2.24, 2.45) is 0 Å². The van der Waals surface area contributed by atoms with E-state index in [1.807, 2.05) is 17.5 Å². The second-order valence-corrected chi connectivity index (χ2v) is 6.79. The molecule has 0 unspecified atom stereocenters. The fourth-order valence-corrected chi connectivity index (χ4v) is 3.96. The molecule has 1 N–H and O–H groups in total. The van der Waals surface area contributed by atoms with Gasteiger partial charge in [0.25, 0.3) is 0 Å². The number of aromatic nitrogens is 2. The molecule has 6 heteroatoms. The van der Waals surface area contributed by atoms with Crippen LogP contribution in [0.1, 0.15) is 34.1 Å². The number of aromatic carboxylic acids is 1. The van der Waals surface area contributed by atoms with Gasteiger partial charge in [0.15, 0.2) is 0 Å². The van der Waals surface area contributed by atoms with Gasteiger partial charge in [-0.2, -0.15) is 0 Å². The van der Waals surface area contributed by atoms with E-state index in [0.717, 1.165) is 39.3 Å². The first kappa shape index (κ1) is 12.0. The molecule has 3 heterocycles.